The number of rotatable bonds is 1. The monoisotopic (exact) mass is 393 g/mol. The number of aliphatic hydroxyl groups is 1. The molecule has 3 heterocycles. The third-order valence-electron chi connectivity index (χ3n) is 4.30. The molecule has 0 amide bonds. The average molecular weight is 394 g/mol. The zero-order valence-corrected chi connectivity index (χ0v) is 15.6. The molecule has 1 aliphatic rings. The molecular weight excluding hydrogens is 373 g/mol. The second kappa shape index (κ2) is 8.08. The second-order valence-corrected chi connectivity index (χ2v) is 6.72. The maximum Gasteiger partial charge on any atom is 0.201 e. The van der Waals surface area contributed by atoms with Crippen LogP contribution in [0.1, 0.15) is 12.8 Å². The molecule has 0 spiro atoms. The van der Waals surface area contributed by atoms with E-state index < -0.39 is 5.82 Å². The smallest absolute Gasteiger partial charge is 0.201 e. The van der Waals surface area contributed by atoms with Crippen LogP contribution < -0.4 is 11.5 Å². The fraction of sp³-hybridized carbons (Fsp3) is 0.333. The number of ether oxygens (including phenoxy) is 1. The van der Waals surface area contributed by atoms with E-state index in [0.29, 0.717) is 34.1 Å². The van der Waals surface area contributed by atoms with E-state index >= 15 is 0 Å². The highest BCUT2D eigenvalue weighted by Crippen LogP contribution is 2.32. The number of benzene rings is 1. The molecule has 1 fully saturated rings. The number of fused-ring (bicyclic) bond motifs is 1. The van der Waals surface area contributed by atoms with Crippen molar-refractivity contribution >= 4 is 34.4 Å². The van der Waals surface area contributed by atoms with Gasteiger partial charge in [-0.3, -0.25) is 0 Å². The quantitative estimate of drug-likeness (QED) is 0.586. The number of aliphatic hydroxyl groups excluding tert-OH is 1. The second-order valence-electron chi connectivity index (χ2n) is 6.31. The van der Waals surface area contributed by atoms with Crippen molar-refractivity contribution in [3.63, 3.8) is 0 Å². The lowest BCUT2D eigenvalue weighted by Gasteiger charge is -2.15. The number of aromatic nitrogens is 3. The molecule has 3 aromatic rings. The standard InChI is InChI=1S/C13H11ClFN5.C5H10O2/c1-20-10-3-6(2-9(15)12(10)19-13(20)17)7-4-11(16)18-5-8(7)14;6-5-2-1-3-7-4-5/h2-5H,1H3,(H2,16,18)(H2,17,19);5-6H,1-4H2. The van der Waals surface area contributed by atoms with Crippen molar-refractivity contribution in [3.05, 3.63) is 35.2 Å². The predicted octanol–water partition coefficient (Wildman–Crippen LogP) is 2.75. The Bertz CT molecular complexity index is 957. The van der Waals surface area contributed by atoms with E-state index in [4.69, 9.17) is 32.9 Å². The summed E-state index contributed by atoms with van der Waals surface area (Å²) < 4.78 is 20.7. The van der Waals surface area contributed by atoms with E-state index in [0.717, 1.165) is 19.4 Å². The molecule has 0 radical (unpaired) electrons. The summed E-state index contributed by atoms with van der Waals surface area (Å²) in [5.74, 6) is 0.0991. The highest BCUT2D eigenvalue weighted by Gasteiger charge is 2.14. The molecule has 1 aromatic carbocycles. The largest absolute Gasteiger partial charge is 0.391 e. The van der Waals surface area contributed by atoms with E-state index in [2.05, 4.69) is 9.97 Å². The third kappa shape index (κ3) is 4.29. The minimum atomic E-state index is -0.462. The Hall–Kier alpha value is -2.42. The Kier molecular flexibility index (Phi) is 5.79. The van der Waals surface area contributed by atoms with Gasteiger partial charge in [0.2, 0.25) is 5.95 Å². The molecule has 5 N–H and O–H groups in total. The number of hydrogen-bond donors (Lipinski definition) is 3. The third-order valence-corrected chi connectivity index (χ3v) is 4.60. The molecule has 0 aliphatic carbocycles. The minimum Gasteiger partial charge on any atom is -0.391 e. The van der Waals surface area contributed by atoms with Crippen LogP contribution in [-0.4, -0.2) is 39.0 Å². The topological polar surface area (TPSA) is 112 Å². The van der Waals surface area contributed by atoms with E-state index in [1.165, 1.54) is 12.3 Å². The Morgan fingerprint density at radius 1 is 1.33 bits per heavy atom. The SMILES string of the molecule is Cn1c(N)nc2c(F)cc(-c3cc(N)ncc3Cl)cc21.OC1CCCOC1. The van der Waals surface area contributed by atoms with Crippen LogP contribution in [0.2, 0.25) is 5.02 Å². The molecule has 1 atom stereocenters. The summed E-state index contributed by atoms with van der Waals surface area (Å²) in [6.07, 6.45) is 3.18. The number of nitrogens with zero attached hydrogens (tertiary/aromatic N) is 3. The van der Waals surface area contributed by atoms with Gasteiger partial charge in [0.1, 0.15) is 11.3 Å². The lowest BCUT2D eigenvalue weighted by atomic mass is 10.1. The summed E-state index contributed by atoms with van der Waals surface area (Å²) in [5.41, 5.74) is 13.4. The predicted molar refractivity (Wildman–Crippen MR) is 104 cm³/mol. The summed E-state index contributed by atoms with van der Waals surface area (Å²) in [6.45, 7) is 1.37. The van der Waals surface area contributed by atoms with Crippen molar-refractivity contribution in [1.82, 2.24) is 14.5 Å². The fourth-order valence-corrected chi connectivity index (χ4v) is 3.03. The summed E-state index contributed by atoms with van der Waals surface area (Å²) in [7, 11) is 1.72. The molecule has 2 aromatic heterocycles. The number of aryl methyl sites for hydroxylation is 1. The van der Waals surface area contributed by atoms with Crippen LogP contribution in [0.4, 0.5) is 16.2 Å². The number of hydrogen-bond acceptors (Lipinski definition) is 6. The molecule has 7 nitrogen and oxygen atoms in total. The maximum atomic E-state index is 14.1. The molecular formula is C18H21ClFN5O2. The van der Waals surface area contributed by atoms with Gasteiger partial charge in [-0.2, -0.15) is 0 Å². The zero-order valence-electron chi connectivity index (χ0n) is 14.8. The van der Waals surface area contributed by atoms with Crippen molar-refractivity contribution in [3.8, 4) is 11.1 Å². The van der Waals surface area contributed by atoms with Crippen LogP contribution in [-0.2, 0) is 11.8 Å². The molecule has 0 bridgehead atoms. The number of nitrogens with two attached hydrogens (primary N) is 2. The minimum absolute atomic E-state index is 0.186. The number of halogens is 2. The van der Waals surface area contributed by atoms with Crippen LogP contribution in [0.3, 0.4) is 0 Å². The van der Waals surface area contributed by atoms with Gasteiger partial charge in [0.15, 0.2) is 5.82 Å². The van der Waals surface area contributed by atoms with Gasteiger partial charge in [0, 0.05) is 25.4 Å². The summed E-state index contributed by atoms with van der Waals surface area (Å²) in [6, 6.07) is 4.72. The maximum absolute atomic E-state index is 14.1. The Morgan fingerprint density at radius 3 is 2.74 bits per heavy atom. The number of anilines is 2. The molecule has 1 aliphatic heterocycles. The molecule has 1 saturated heterocycles. The van der Waals surface area contributed by atoms with Crippen LogP contribution in [0.5, 0.6) is 0 Å². The number of pyridine rings is 1. The highest BCUT2D eigenvalue weighted by molar-refractivity contribution is 6.33. The van der Waals surface area contributed by atoms with Crippen molar-refractivity contribution in [2.75, 3.05) is 24.7 Å². The molecule has 27 heavy (non-hydrogen) atoms. The lowest BCUT2D eigenvalue weighted by molar-refractivity contribution is -0.00535. The molecule has 144 valence electrons. The van der Waals surface area contributed by atoms with Gasteiger partial charge in [0.25, 0.3) is 0 Å². The first-order valence-corrected chi connectivity index (χ1v) is 8.83. The molecule has 4 rings (SSSR count). The van der Waals surface area contributed by atoms with E-state index in [-0.39, 0.29) is 17.6 Å². The zero-order chi connectivity index (χ0) is 19.6. The van der Waals surface area contributed by atoms with Gasteiger partial charge >= 0.3 is 0 Å². The van der Waals surface area contributed by atoms with Gasteiger partial charge in [-0.05, 0) is 36.6 Å². The lowest BCUT2D eigenvalue weighted by Crippen LogP contribution is -2.21. The fourth-order valence-electron chi connectivity index (χ4n) is 2.82. The number of imidazole rings is 1. The van der Waals surface area contributed by atoms with Crippen LogP contribution in [0, 0.1) is 5.82 Å². The van der Waals surface area contributed by atoms with Crippen LogP contribution >= 0.6 is 11.6 Å². The highest BCUT2D eigenvalue weighted by atomic mass is 35.5. The van der Waals surface area contributed by atoms with E-state index in [9.17, 15) is 4.39 Å². The van der Waals surface area contributed by atoms with Gasteiger partial charge in [-0.15, -0.1) is 0 Å². The summed E-state index contributed by atoms with van der Waals surface area (Å²) in [5, 5.41) is 9.18. The van der Waals surface area contributed by atoms with E-state index in [1.807, 2.05) is 0 Å². The van der Waals surface area contributed by atoms with Crippen LogP contribution in [0.15, 0.2) is 24.4 Å². The Morgan fingerprint density at radius 2 is 2.11 bits per heavy atom. The van der Waals surface area contributed by atoms with Crippen molar-refractivity contribution in [1.29, 1.82) is 0 Å². The summed E-state index contributed by atoms with van der Waals surface area (Å²) >= 11 is 6.09. The van der Waals surface area contributed by atoms with Gasteiger partial charge in [-0.1, -0.05) is 11.6 Å². The van der Waals surface area contributed by atoms with Crippen molar-refractivity contribution in [2.24, 2.45) is 7.05 Å². The first-order chi connectivity index (χ1) is 12.9. The molecule has 0 saturated carbocycles. The Labute approximate surface area is 160 Å². The van der Waals surface area contributed by atoms with Gasteiger partial charge in [-0.25, -0.2) is 14.4 Å². The molecule has 1 unspecified atom stereocenters. The van der Waals surface area contributed by atoms with Crippen molar-refractivity contribution < 1.29 is 14.2 Å². The molecule has 9 heteroatoms. The average Bonchev–Trinajstić information content (AvgIpc) is 2.94. The normalized spacial score (nSPS) is 16.8. The van der Waals surface area contributed by atoms with Gasteiger partial charge < -0.3 is 25.9 Å². The summed E-state index contributed by atoms with van der Waals surface area (Å²) in [4.78, 5) is 7.87. The van der Waals surface area contributed by atoms with Gasteiger partial charge in [0.05, 0.1) is 23.3 Å². The first-order valence-electron chi connectivity index (χ1n) is 8.45. The number of nitrogen functional groups attached to an aromatic ring is 2. The Balaban J connectivity index is 0.000000253. The van der Waals surface area contributed by atoms with E-state index in [1.54, 1.807) is 23.7 Å². The van der Waals surface area contributed by atoms with Crippen LogP contribution in [0.25, 0.3) is 22.2 Å². The van der Waals surface area contributed by atoms with Crippen molar-refractivity contribution in [2.45, 2.75) is 18.9 Å². The first kappa shape index (κ1) is 19.3.